The number of ether oxygens (including phenoxy) is 2. The molecule has 6 nitrogen and oxygen atoms in total. The van der Waals surface area contributed by atoms with Gasteiger partial charge in [0.15, 0.2) is 6.61 Å². The number of carbonyl (C=O) groups excluding carboxylic acids is 2. The minimum atomic E-state index is -0.251. The Bertz CT molecular complexity index is 1010. The van der Waals surface area contributed by atoms with Crippen LogP contribution in [0.3, 0.4) is 0 Å². The van der Waals surface area contributed by atoms with Crippen molar-refractivity contribution in [1.82, 2.24) is 10.6 Å². The molecule has 0 heterocycles. The lowest BCUT2D eigenvalue weighted by Crippen LogP contribution is -2.84. The van der Waals surface area contributed by atoms with Gasteiger partial charge in [-0.2, -0.15) is 0 Å². The lowest BCUT2D eigenvalue weighted by Gasteiger charge is -2.70. The SMILES string of the molecule is O=C(COCCc1cccc(Cl)c1)NC12CC(NC(=O)COc3ccc(Cl)c(Cl)c3)(C1)C2. The maximum Gasteiger partial charge on any atom is 0.258 e. The third kappa shape index (κ3) is 5.49. The standard InChI is InChI=1S/C23H23Cl3N2O4/c24-16-3-1-2-15(8-16)6-7-31-10-20(29)27-22-12-23(13-22,14-22)28-21(30)11-32-17-4-5-18(25)19(26)9-17/h1-5,8-9H,6-7,10-14H2,(H,27,29)(H,28,30). The second-order valence-corrected chi connectivity index (χ2v) is 9.74. The highest BCUT2D eigenvalue weighted by Gasteiger charge is 2.69. The van der Waals surface area contributed by atoms with Gasteiger partial charge in [0.2, 0.25) is 5.91 Å². The number of hydrogen-bond acceptors (Lipinski definition) is 4. The van der Waals surface area contributed by atoms with Gasteiger partial charge in [-0.3, -0.25) is 9.59 Å². The van der Waals surface area contributed by atoms with Crippen molar-refractivity contribution >= 4 is 46.6 Å². The average Bonchev–Trinajstić information content (AvgIpc) is 2.70. The summed E-state index contributed by atoms with van der Waals surface area (Å²) >= 11 is 17.8. The van der Waals surface area contributed by atoms with Crippen LogP contribution in [0.25, 0.3) is 0 Å². The van der Waals surface area contributed by atoms with E-state index in [1.165, 1.54) is 0 Å². The molecule has 0 spiro atoms. The summed E-state index contributed by atoms with van der Waals surface area (Å²) in [5, 5.41) is 7.53. The summed E-state index contributed by atoms with van der Waals surface area (Å²) < 4.78 is 11.0. The smallest absolute Gasteiger partial charge is 0.258 e. The molecule has 3 fully saturated rings. The Labute approximate surface area is 201 Å². The molecule has 32 heavy (non-hydrogen) atoms. The van der Waals surface area contributed by atoms with Gasteiger partial charge in [-0.15, -0.1) is 0 Å². The van der Waals surface area contributed by atoms with Crippen LogP contribution in [-0.4, -0.2) is 42.7 Å². The van der Waals surface area contributed by atoms with Crippen LogP contribution in [0.5, 0.6) is 5.75 Å². The molecule has 0 aliphatic heterocycles. The maximum absolute atomic E-state index is 12.2. The summed E-state index contributed by atoms with van der Waals surface area (Å²) in [5.41, 5.74) is 0.586. The predicted molar refractivity (Wildman–Crippen MR) is 124 cm³/mol. The van der Waals surface area contributed by atoms with Gasteiger partial charge in [-0.25, -0.2) is 0 Å². The number of halogens is 3. The number of hydrogen-bond donors (Lipinski definition) is 2. The zero-order chi connectivity index (χ0) is 22.8. The van der Waals surface area contributed by atoms with Gasteiger partial charge in [0.25, 0.3) is 5.91 Å². The summed E-state index contributed by atoms with van der Waals surface area (Å²) in [6.07, 6.45) is 2.84. The first kappa shape index (κ1) is 23.2. The van der Waals surface area contributed by atoms with Gasteiger partial charge in [0.1, 0.15) is 12.4 Å². The van der Waals surface area contributed by atoms with Crippen molar-refractivity contribution < 1.29 is 19.1 Å². The van der Waals surface area contributed by atoms with Crippen molar-refractivity contribution in [3.05, 3.63) is 63.1 Å². The number of amides is 2. The molecule has 0 saturated heterocycles. The monoisotopic (exact) mass is 496 g/mol. The fourth-order valence-electron chi connectivity index (χ4n) is 4.48. The van der Waals surface area contributed by atoms with E-state index >= 15 is 0 Å². The number of benzene rings is 2. The summed E-state index contributed by atoms with van der Waals surface area (Å²) in [6.45, 7) is 0.346. The zero-order valence-electron chi connectivity index (χ0n) is 17.3. The summed E-state index contributed by atoms with van der Waals surface area (Å²) in [4.78, 5) is 24.4. The van der Waals surface area contributed by atoms with E-state index in [0.717, 1.165) is 5.56 Å². The van der Waals surface area contributed by atoms with Crippen molar-refractivity contribution in [3.63, 3.8) is 0 Å². The maximum atomic E-state index is 12.2. The van der Waals surface area contributed by atoms with Crippen LogP contribution in [0.1, 0.15) is 24.8 Å². The van der Waals surface area contributed by atoms with Crippen molar-refractivity contribution in [1.29, 1.82) is 0 Å². The van der Waals surface area contributed by atoms with E-state index in [9.17, 15) is 9.59 Å². The van der Waals surface area contributed by atoms with Crippen LogP contribution in [0, 0.1) is 0 Å². The molecule has 0 atom stereocenters. The van der Waals surface area contributed by atoms with Crippen LogP contribution >= 0.6 is 34.8 Å². The van der Waals surface area contributed by atoms with Crippen molar-refractivity contribution in [2.75, 3.05) is 19.8 Å². The molecular formula is C23H23Cl3N2O4. The van der Waals surface area contributed by atoms with Crippen LogP contribution in [-0.2, 0) is 20.7 Å². The predicted octanol–water partition coefficient (Wildman–Crippen LogP) is 4.19. The van der Waals surface area contributed by atoms with E-state index in [-0.39, 0.29) is 36.1 Å². The summed E-state index contributed by atoms with van der Waals surface area (Å²) in [5.74, 6) is 0.130. The topological polar surface area (TPSA) is 76.7 Å². The molecule has 3 saturated carbocycles. The Kier molecular flexibility index (Phi) is 6.86. The highest BCUT2D eigenvalue weighted by atomic mass is 35.5. The Hall–Kier alpha value is -1.99. The van der Waals surface area contributed by atoms with E-state index in [0.29, 0.717) is 53.1 Å². The largest absolute Gasteiger partial charge is 0.484 e. The third-order valence-corrected chi connectivity index (χ3v) is 6.73. The Morgan fingerprint density at radius 1 is 0.875 bits per heavy atom. The Morgan fingerprint density at radius 3 is 2.22 bits per heavy atom. The molecule has 2 aromatic rings. The second-order valence-electron chi connectivity index (χ2n) is 8.48. The minimum absolute atomic E-state index is 0.0131. The molecule has 3 aliphatic carbocycles. The number of nitrogens with one attached hydrogen (secondary N) is 2. The van der Waals surface area contributed by atoms with Crippen LogP contribution in [0.15, 0.2) is 42.5 Å². The second kappa shape index (κ2) is 9.48. The van der Waals surface area contributed by atoms with E-state index in [1.54, 1.807) is 18.2 Å². The first-order valence-corrected chi connectivity index (χ1v) is 11.4. The van der Waals surface area contributed by atoms with Gasteiger partial charge in [0, 0.05) is 22.2 Å². The molecule has 0 radical (unpaired) electrons. The molecular weight excluding hydrogens is 475 g/mol. The number of rotatable bonds is 10. The molecule has 5 rings (SSSR count). The molecule has 3 aliphatic rings. The minimum Gasteiger partial charge on any atom is -0.484 e. The van der Waals surface area contributed by atoms with Gasteiger partial charge in [0.05, 0.1) is 16.7 Å². The van der Waals surface area contributed by atoms with E-state index in [1.807, 2.05) is 24.3 Å². The molecule has 0 unspecified atom stereocenters. The van der Waals surface area contributed by atoms with Gasteiger partial charge in [-0.1, -0.05) is 46.9 Å². The van der Waals surface area contributed by atoms with Gasteiger partial charge < -0.3 is 20.1 Å². The fourth-order valence-corrected chi connectivity index (χ4v) is 4.98. The van der Waals surface area contributed by atoms with E-state index < -0.39 is 0 Å². The van der Waals surface area contributed by atoms with Gasteiger partial charge >= 0.3 is 0 Å². The normalized spacial score (nSPS) is 23.0. The van der Waals surface area contributed by atoms with E-state index in [2.05, 4.69) is 10.6 Å². The summed E-state index contributed by atoms with van der Waals surface area (Å²) in [7, 11) is 0. The molecule has 2 bridgehead atoms. The van der Waals surface area contributed by atoms with E-state index in [4.69, 9.17) is 44.3 Å². The van der Waals surface area contributed by atoms with Crippen LogP contribution in [0.2, 0.25) is 15.1 Å². The quantitative estimate of drug-likeness (QED) is 0.483. The third-order valence-electron chi connectivity index (χ3n) is 5.76. The molecule has 2 N–H and O–H groups in total. The van der Waals surface area contributed by atoms with Crippen molar-refractivity contribution in [2.24, 2.45) is 0 Å². The molecule has 2 amide bonds. The average molecular weight is 498 g/mol. The Balaban J connectivity index is 1.11. The van der Waals surface area contributed by atoms with Crippen molar-refractivity contribution in [2.45, 2.75) is 36.8 Å². The molecule has 2 aromatic carbocycles. The molecule has 9 heteroatoms. The highest BCUT2D eigenvalue weighted by Crippen LogP contribution is 2.60. The first-order valence-electron chi connectivity index (χ1n) is 10.3. The lowest BCUT2D eigenvalue weighted by molar-refractivity contribution is -0.152. The first-order chi connectivity index (χ1) is 15.3. The zero-order valence-corrected chi connectivity index (χ0v) is 19.5. The van der Waals surface area contributed by atoms with Crippen LogP contribution < -0.4 is 15.4 Å². The molecule has 0 aromatic heterocycles. The molecule has 170 valence electrons. The Morgan fingerprint density at radius 2 is 1.56 bits per heavy atom. The van der Waals surface area contributed by atoms with Crippen molar-refractivity contribution in [3.8, 4) is 5.75 Å². The van der Waals surface area contributed by atoms with Gasteiger partial charge in [-0.05, 0) is 55.5 Å². The lowest BCUT2D eigenvalue weighted by atomic mass is 9.44. The van der Waals surface area contributed by atoms with Crippen LogP contribution in [0.4, 0.5) is 0 Å². The summed E-state index contributed by atoms with van der Waals surface area (Å²) in [6, 6.07) is 12.4. The highest BCUT2D eigenvalue weighted by molar-refractivity contribution is 6.42. The fraction of sp³-hybridized carbons (Fsp3) is 0.391. The number of carbonyl (C=O) groups is 2.